The van der Waals surface area contributed by atoms with Crippen molar-refractivity contribution in [3.05, 3.63) is 65.2 Å². The third-order valence-corrected chi connectivity index (χ3v) is 5.13. The van der Waals surface area contributed by atoms with Crippen LogP contribution in [-0.2, 0) is 0 Å². The minimum Gasteiger partial charge on any atom is -0.353 e. The van der Waals surface area contributed by atoms with E-state index in [0.717, 1.165) is 47.2 Å². The molecule has 0 N–H and O–H groups in total. The number of nitrogens with zero attached hydrogens (tertiary/aromatic N) is 6. The summed E-state index contributed by atoms with van der Waals surface area (Å²) in [7, 11) is 0. The number of aryl methyl sites for hydroxylation is 3. The van der Waals surface area contributed by atoms with E-state index >= 15 is 0 Å². The van der Waals surface area contributed by atoms with Crippen molar-refractivity contribution >= 4 is 11.7 Å². The average molecular weight is 376 g/mol. The van der Waals surface area contributed by atoms with E-state index in [-0.39, 0.29) is 5.91 Å². The van der Waals surface area contributed by atoms with E-state index in [4.69, 9.17) is 0 Å². The highest BCUT2D eigenvalue weighted by molar-refractivity contribution is 5.95. The molecule has 0 aliphatic carbocycles. The van der Waals surface area contributed by atoms with Gasteiger partial charge in [-0.15, -0.1) is 0 Å². The number of carbonyl (C=O) groups excluding carboxylic acids is 1. The number of hydrogen-bond acceptors (Lipinski definition) is 5. The van der Waals surface area contributed by atoms with Crippen molar-refractivity contribution in [2.45, 2.75) is 20.8 Å². The lowest BCUT2D eigenvalue weighted by Gasteiger charge is -2.35. The topological polar surface area (TPSA) is 67.2 Å². The zero-order valence-electron chi connectivity index (χ0n) is 16.5. The molecule has 0 radical (unpaired) electrons. The number of rotatable bonds is 3. The van der Waals surface area contributed by atoms with Crippen LogP contribution in [0.2, 0.25) is 0 Å². The Bertz CT molecular complexity index is 1000. The molecule has 7 heteroatoms. The van der Waals surface area contributed by atoms with Gasteiger partial charge in [0.15, 0.2) is 5.82 Å². The maximum atomic E-state index is 12.8. The van der Waals surface area contributed by atoms with Gasteiger partial charge in [0.1, 0.15) is 12.1 Å². The number of amides is 1. The Labute approximate surface area is 164 Å². The van der Waals surface area contributed by atoms with E-state index in [2.05, 4.69) is 20.0 Å². The van der Waals surface area contributed by atoms with E-state index in [1.807, 2.05) is 66.8 Å². The van der Waals surface area contributed by atoms with Crippen molar-refractivity contribution in [3.8, 4) is 5.82 Å². The summed E-state index contributed by atoms with van der Waals surface area (Å²) in [5.74, 6) is 1.72. The molecule has 1 aliphatic rings. The standard InChI is InChI=1S/C21H24N6O/c1-15-6-4-5-7-18(15)21(28)26-10-8-25(9-11-26)19-13-20(23-14-22-19)27-17(3)12-16(2)24-27/h4-7,12-14H,8-11H2,1-3H3. The third kappa shape index (κ3) is 3.47. The SMILES string of the molecule is Cc1cc(C)n(-c2cc(N3CCN(C(=O)c4ccccc4C)CC3)ncn2)n1. The molecule has 1 saturated heterocycles. The molecule has 4 rings (SSSR count). The molecule has 1 aromatic carbocycles. The quantitative estimate of drug-likeness (QED) is 0.703. The first kappa shape index (κ1) is 18.2. The monoisotopic (exact) mass is 376 g/mol. The number of aromatic nitrogens is 4. The van der Waals surface area contributed by atoms with Crippen molar-refractivity contribution in [1.82, 2.24) is 24.6 Å². The highest BCUT2D eigenvalue weighted by atomic mass is 16.2. The van der Waals surface area contributed by atoms with Crippen LogP contribution < -0.4 is 4.90 Å². The minimum atomic E-state index is 0.101. The minimum absolute atomic E-state index is 0.101. The molecule has 1 amide bonds. The Hall–Kier alpha value is -3.22. The molecular formula is C21H24N6O. The third-order valence-electron chi connectivity index (χ3n) is 5.13. The first-order valence-corrected chi connectivity index (χ1v) is 9.48. The van der Waals surface area contributed by atoms with E-state index in [1.54, 1.807) is 6.33 Å². The lowest BCUT2D eigenvalue weighted by Crippen LogP contribution is -2.49. The molecule has 0 bridgehead atoms. The molecule has 3 heterocycles. The van der Waals surface area contributed by atoms with Gasteiger partial charge in [0.2, 0.25) is 0 Å². The van der Waals surface area contributed by atoms with Gasteiger partial charge in [-0.1, -0.05) is 18.2 Å². The van der Waals surface area contributed by atoms with E-state index in [1.165, 1.54) is 0 Å². The summed E-state index contributed by atoms with van der Waals surface area (Å²) < 4.78 is 1.83. The second kappa shape index (κ2) is 7.42. The van der Waals surface area contributed by atoms with Gasteiger partial charge in [-0.25, -0.2) is 14.6 Å². The predicted molar refractivity (Wildman–Crippen MR) is 108 cm³/mol. The van der Waals surface area contributed by atoms with Gasteiger partial charge in [-0.05, 0) is 38.5 Å². The molecule has 28 heavy (non-hydrogen) atoms. The fourth-order valence-corrected chi connectivity index (χ4v) is 3.61. The van der Waals surface area contributed by atoms with E-state index in [0.29, 0.717) is 13.1 Å². The molecule has 144 valence electrons. The zero-order chi connectivity index (χ0) is 19.7. The van der Waals surface area contributed by atoms with Crippen molar-refractivity contribution < 1.29 is 4.79 Å². The van der Waals surface area contributed by atoms with Gasteiger partial charge >= 0.3 is 0 Å². The molecule has 0 spiro atoms. The molecule has 1 aliphatic heterocycles. The maximum Gasteiger partial charge on any atom is 0.254 e. The van der Waals surface area contributed by atoms with Crippen molar-refractivity contribution in [2.24, 2.45) is 0 Å². The molecule has 2 aromatic heterocycles. The number of carbonyl (C=O) groups is 1. The van der Waals surface area contributed by atoms with Crippen LogP contribution in [-0.4, -0.2) is 56.7 Å². The van der Waals surface area contributed by atoms with Gasteiger partial charge < -0.3 is 9.80 Å². The highest BCUT2D eigenvalue weighted by Crippen LogP contribution is 2.19. The molecule has 0 unspecified atom stereocenters. The molecule has 0 saturated carbocycles. The number of piperazine rings is 1. The normalized spacial score (nSPS) is 14.4. The van der Waals surface area contributed by atoms with Crippen molar-refractivity contribution in [3.63, 3.8) is 0 Å². The largest absolute Gasteiger partial charge is 0.353 e. The molecule has 3 aromatic rings. The predicted octanol–water partition coefficient (Wildman–Crippen LogP) is 2.55. The first-order chi connectivity index (χ1) is 13.5. The Morgan fingerprint density at radius 2 is 1.64 bits per heavy atom. The fourth-order valence-electron chi connectivity index (χ4n) is 3.61. The summed E-state index contributed by atoms with van der Waals surface area (Å²) in [5, 5.41) is 4.50. The van der Waals surface area contributed by atoms with Crippen molar-refractivity contribution in [1.29, 1.82) is 0 Å². The average Bonchev–Trinajstić information content (AvgIpc) is 3.06. The molecule has 1 fully saturated rings. The summed E-state index contributed by atoms with van der Waals surface area (Å²) in [6, 6.07) is 11.7. The van der Waals surface area contributed by atoms with Crippen LogP contribution in [0.25, 0.3) is 5.82 Å². The van der Waals surface area contributed by atoms with Crippen LogP contribution in [0.1, 0.15) is 27.3 Å². The second-order valence-electron chi connectivity index (χ2n) is 7.17. The van der Waals surface area contributed by atoms with Gasteiger partial charge in [0.05, 0.1) is 5.69 Å². The first-order valence-electron chi connectivity index (χ1n) is 9.48. The lowest BCUT2D eigenvalue weighted by molar-refractivity contribution is 0.0746. The van der Waals surface area contributed by atoms with Crippen molar-refractivity contribution in [2.75, 3.05) is 31.1 Å². The summed E-state index contributed by atoms with van der Waals surface area (Å²) in [6.07, 6.45) is 1.58. The number of hydrogen-bond donors (Lipinski definition) is 0. The molecule has 7 nitrogen and oxygen atoms in total. The van der Waals surface area contributed by atoms with Crippen LogP contribution in [0.5, 0.6) is 0 Å². The van der Waals surface area contributed by atoms with Crippen LogP contribution in [0.4, 0.5) is 5.82 Å². The zero-order valence-corrected chi connectivity index (χ0v) is 16.5. The van der Waals surface area contributed by atoms with Crippen LogP contribution in [0, 0.1) is 20.8 Å². The van der Waals surface area contributed by atoms with Gasteiger partial charge in [0.25, 0.3) is 5.91 Å². The summed E-state index contributed by atoms with van der Waals surface area (Å²) in [5.41, 5.74) is 3.79. The lowest BCUT2D eigenvalue weighted by atomic mass is 10.1. The smallest absolute Gasteiger partial charge is 0.254 e. The summed E-state index contributed by atoms with van der Waals surface area (Å²) >= 11 is 0. The second-order valence-corrected chi connectivity index (χ2v) is 7.17. The Morgan fingerprint density at radius 3 is 2.32 bits per heavy atom. The Kier molecular flexibility index (Phi) is 4.81. The maximum absolute atomic E-state index is 12.8. The Balaban J connectivity index is 1.47. The van der Waals surface area contributed by atoms with E-state index in [9.17, 15) is 4.79 Å². The summed E-state index contributed by atoms with van der Waals surface area (Å²) in [4.78, 5) is 25.7. The van der Waals surface area contributed by atoms with Gasteiger partial charge in [-0.3, -0.25) is 4.79 Å². The van der Waals surface area contributed by atoms with Crippen LogP contribution in [0.15, 0.2) is 42.7 Å². The van der Waals surface area contributed by atoms with Crippen LogP contribution in [0.3, 0.4) is 0 Å². The highest BCUT2D eigenvalue weighted by Gasteiger charge is 2.24. The Morgan fingerprint density at radius 1 is 0.929 bits per heavy atom. The van der Waals surface area contributed by atoms with Gasteiger partial charge in [0, 0.05) is 43.5 Å². The van der Waals surface area contributed by atoms with E-state index < -0.39 is 0 Å². The number of anilines is 1. The number of benzene rings is 1. The molecular weight excluding hydrogens is 352 g/mol. The van der Waals surface area contributed by atoms with Gasteiger partial charge in [-0.2, -0.15) is 5.10 Å². The summed E-state index contributed by atoms with van der Waals surface area (Å²) in [6.45, 7) is 8.79. The van der Waals surface area contributed by atoms with Crippen LogP contribution >= 0.6 is 0 Å². The fraction of sp³-hybridized carbons (Fsp3) is 0.333. The molecule has 0 atom stereocenters.